The normalized spacial score (nSPS) is 12.0. The molecule has 0 heterocycles. The van der Waals surface area contributed by atoms with Gasteiger partial charge < -0.3 is 4.90 Å². The lowest BCUT2D eigenvalue weighted by Crippen LogP contribution is -2.19. The number of hydrogen-bond donors (Lipinski definition) is 0. The highest BCUT2D eigenvalue weighted by Crippen LogP contribution is 2.08. The first-order chi connectivity index (χ1) is 4.31. The zero-order valence-corrected chi connectivity index (χ0v) is 9.31. The van der Waals surface area contributed by atoms with Crippen LogP contribution >= 0.6 is 31.2 Å². The minimum Gasteiger partial charge on any atom is -0.302 e. The van der Waals surface area contributed by atoms with E-state index in [2.05, 4.69) is 41.5 Å². The third-order valence-electron chi connectivity index (χ3n) is 1.10. The van der Waals surface area contributed by atoms with E-state index in [0.717, 1.165) is 8.58 Å². The van der Waals surface area contributed by atoms with Crippen molar-refractivity contribution in [1.29, 1.82) is 0 Å². The molecule has 9 heavy (non-hydrogen) atoms. The molecular weight excluding hydrogens is 244 g/mol. The van der Waals surface area contributed by atoms with E-state index in [1.165, 1.54) is 23.4 Å². The quantitative estimate of drug-likeness (QED) is 0.414. The molecule has 0 saturated heterocycles. The van der Waals surface area contributed by atoms with Crippen LogP contribution in [0.15, 0.2) is 0 Å². The van der Waals surface area contributed by atoms with Gasteiger partial charge in [-0.05, 0) is 13.2 Å². The first-order valence-electron chi connectivity index (χ1n) is 3.26. The maximum Gasteiger partial charge on any atom is 0.0152 e. The highest BCUT2D eigenvalue weighted by atomic mass is 127. The molecular formula is C6H15INP. The van der Waals surface area contributed by atoms with Crippen LogP contribution < -0.4 is 0 Å². The average Bonchev–Trinajstić information content (AvgIpc) is 1.85. The van der Waals surface area contributed by atoms with Gasteiger partial charge in [0.1, 0.15) is 0 Å². The Kier molecular flexibility index (Phi) is 8.13. The van der Waals surface area contributed by atoms with Crippen LogP contribution in [0.4, 0.5) is 0 Å². The van der Waals surface area contributed by atoms with E-state index >= 15 is 0 Å². The predicted molar refractivity (Wildman–Crippen MR) is 55.2 cm³/mol. The van der Waals surface area contributed by atoms with Gasteiger partial charge in [-0.2, -0.15) is 0 Å². The van der Waals surface area contributed by atoms with E-state index in [0.29, 0.717) is 0 Å². The molecule has 0 aromatic carbocycles. The molecule has 0 radical (unpaired) electrons. The van der Waals surface area contributed by atoms with Gasteiger partial charge in [0.2, 0.25) is 0 Å². The summed E-state index contributed by atoms with van der Waals surface area (Å²) in [5.41, 5.74) is 0. The monoisotopic (exact) mass is 259 g/mol. The first-order valence-corrected chi connectivity index (χ1v) is 6.20. The Hall–Kier alpha value is 1.12. The summed E-state index contributed by atoms with van der Waals surface area (Å²) in [7, 11) is 3.32. The van der Waals surface area contributed by atoms with Crippen molar-refractivity contribution >= 4 is 31.2 Å². The van der Waals surface area contributed by atoms with Crippen molar-refractivity contribution < 1.29 is 0 Å². The standard InChI is InChI=1S/C6H15INP/c1-3-9-6-8(2)5-4-7/h9H,3-6H2,1-2H3. The summed E-state index contributed by atoms with van der Waals surface area (Å²) in [6.07, 6.45) is 2.63. The van der Waals surface area contributed by atoms with E-state index in [9.17, 15) is 0 Å². The van der Waals surface area contributed by atoms with Crippen LogP contribution in [0, 0.1) is 0 Å². The number of alkyl halides is 1. The molecule has 0 aromatic rings. The van der Waals surface area contributed by atoms with Gasteiger partial charge >= 0.3 is 0 Å². The molecule has 56 valence electrons. The van der Waals surface area contributed by atoms with Crippen LogP contribution in [0.25, 0.3) is 0 Å². The molecule has 0 aliphatic carbocycles. The van der Waals surface area contributed by atoms with Gasteiger partial charge in [-0.1, -0.05) is 29.5 Å². The van der Waals surface area contributed by atoms with Crippen LogP contribution in [0.3, 0.4) is 0 Å². The minimum absolute atomic E-state index is 1.13. The zero-order chi connectivity index (χ0) is 7.11. The summed E-state index contributed by atoms with van der Waals surface area (Å²) in [4.78, 5) is 2.40. The smallest absolute Gasteiger partial charge is 0.0152 e. The van der Waals surface area contributed by atoms with Crippen molar-refractivity contribution in [2.45, 2.75) is 6.92 Å². The number of rotatable bonds is 5. The van der Waals surface area contributed by atoms with Crippen molar-refractivity contribution in [3.8, 4) is 0 Å². The van der Waals surface area contributed by atoms with Crippen molar-refractivity contribution in [3.05, 3.63) is 0 Å². The maximum absolute atomic E-state index is 2.42. The van der Waals surface area contributed by atoms with E-state index in [-0.39, 0.29) is 0 Å². The summed E-state index contributed by atoms with van der Waals surface area (Å²) < 4.78 is 1.25. The van der Waals surface area contributed by atoms with Crippen LogP contribution in [0.1, 0.15) is 6.92 Å². The molecule has 0 rings (SSSR count). The van der Waals surface area contributed by atoms with Crippen molar-refractivity contribution in [2.24, 2.45) is 0 Å². The van der Waals surface area contributed by atoms with Gasteiger partial charge in [0, 0.05) is 17.3 Å². The zero-order valence-electron chi connectivity index (χ0n) is 6.15. The fourth-order valence-electron chi connectivity index (χ4n) is 0.526. The molecule has 1 atom stereocenters. The van der Waals surface area contributed by atoms with Crippen molar-refractivity contribution in [3.63, 3.8) is 0 Å². The van der Waals surface area contributed by atoms with E-state index in [1.807, 2.05) is 0 Å². The molecule has 0 aliphatic rings. The second-order valence-electron chi connectivity index (χ2n) is 2.03. The molecule has 0 aliphatic heterocycles. The van der Waals surface area contributed by atoms with Gasteiger partial charge in [-0.3, -0.25) is 0 Å². The fraction of sp³-hybridized carbons (Fsp3) is 1.00. The fourth-order valence-corrected chi connectivity index (χ4v) is 2.11. The molecule has 0 fully saturated rings. The Morgan fingerprint density at radius 1 is 1.56 bits per heavy atom. The molecule has 0 aromatic heterocycles. The summed E-state index contributed by atoms with van der Waals surface area (Å²) >= 11 is 2.42. The lowest BCUT2D eigenvalue weighted by atomic mass is 10.7. The highest BCUT2D eigenvalue weighted by Gasteiger charge is 1.92. The second-order valence-corrected chi connectivity index (χ2v) is 4.63. The predicted octanol–water partition coefficient (Wildman–Crippen LogP) is 2.01. The Labute approximate surface area is 73.5 Å². The SMILES string of the molecule is CCPCN(C)CCI. The summed E-state index contributed by atoms with van der Waals surface area (Å²) in [5.74, 6) is 0. The minimum atomic E-state index is 1.13. The second kappa shape index (κ2) is 7.23. The lowest BCUT2D eigenvalue weighted by Gasteiger charge is -2.13. The Morgan fingerprint density at radius 2 is 2.22 bits per heavy atom. The van der Waals surface area contributed by atoms with Gasteiger partial charge in [0.15, 0.2) is 0 Å². The maximum atomic E-state index is 2.42. The van der Waals surface area contributed by atoms with Crippen LogP contribution in [-0.2, 0) is 0 Å². The molecule has 0 amide bonds. The van der Waals surface area contributed by atoms with Gasteiger partial charge in [0.05, 0.1) is 0 Å². The van der Waals surface area contributed by atoms with Crippen molar-refractivity contribution in [2.75, 3.05) is 30.5 Å². The highest BCUT2D eigenvalue weighted by molar-refractivity contribution is 14.1. The van der Waals surface area contributed by atoms with Gasteiger partial charge in [-0.25, -0.2) is 0 Å². The number of nitrogens with zero attached hydrogens (tertiary/aromatic N) is 1. The topological polar surface area (TPSA) is 3.24 Å². The third-order valence-corrected chi connectivity index (χ3v) is 2.84. The number of halogens is 1. The first kappa shape index (κ1) is 10.1. The molecule has 0 bridgehead atoms. The largest absolute Gasteiger partial charge is 0.302 e. The molecule has 0 saturated carbocycles. The summed E-state index contributed by atoms with van der Waals surface area (Å²) in [6.45, 7) is 3.49. The summed E-state index contributed by atoms with van der Waals surface area (Å²) in [5, 5.41) is 0. The Balaban J connectivity index is 2.95. The molecule has 3 heteroatoms. The molecule has 0 spiro atoms. The van der Waals surface area contributed by atoms with Crippen LogP contribution in [0.2, 0.25) is 0 Å². The molecule has 0 N–H and O–H groups in total. The third kappa shape index (κ3) is 7.01. The lowest BCUT2D eigenvalue weighted by molar-refractivity contribution is 0.421. The Bertz CT molecular complexity index is 61.0. The number of hydrogen-bond acceptors (Lipinski definition) is 1. The van der Waals surface area contributed by atoms with E-state index < -0.39 is 0 Å². The van der Waals surface area contributed by atoms with Gasteiger partial charge in [-0.15, -0.1) is 8.58 Å². The summed E-state index contributed by atoms with van der Waals surface area (Å²) in [6, 6.07) is 0. The molecule has 1 nitrogen and oxygen atoms in total. The van der Waals surface area contributed by atoms with Gasteiger partial charge in [0.25, 0.3) is 0 Å². The average molecular weight is 259 g/mol. The molecule has 1 unspecified atom stereocenters. The van der Waals surface area contributed by atoms with Crippen LogP contribution in [-0.4, -0.2) is 35.4 Å². The van der Waals surface area contributed by atoms with Crippen molar-refractivity contribution in [1.82, 2.24) is 4.90 Å². The van der Waals surface area contributed by atoms with E-state index in [4.69, 9.17) is 0 Å². The van der Waals surface area contributed by atoms with Crippen LogP contribution in [0.5, 0.6) is 0 Å². The Morgan fingerprint density at radius 3 is 2.67 bits per heavy atom. The van der Waals surface area contributed by atoms with E-state index in [1.54, 1.807) is 0 Å².